The Bertz CT molecular complexity index is 572. The molecule has 3 amide bonds. The standard InChI is InChI=1S/C17H24N4O2S/c22-16-11-15(12-18-16)20-17(23)19-14-3-1-13(2-4-14)5-6-21-7-9-24-10-8-21/h1-4,15H,5-12H2,(H,18,22)(H2,19,20,23)/t15-/m1/s1. The van der Waals surface area contributed by atoms with Gasteiger partial charge in [-0.15, -0.1) is 0 Å². The van der Waals surface area contributed by atoms with Crippen LogP contribution in [0.5, 0.6) is 0 Å². The number of anilines is 1. The molecular formula is C17H24N4O2S. The molecule has 0 bridgehead atoms. The maximum Gasteiger partial charge on any atom is 0.319 e. The van der Waals surface area contributed by atoms with E-state index in [-0.39, 0.29) is 18.0 Å². The first-order valence-electron chi connectivity index (χ1n) is 8.42. The van der Waals surface area contributed by atoms with Crippen LogP contribution in [0.2, 0.25) is 0 Å². The van der Waals surface area contributed by atoms with Gasteiger partial charge >= 0.3 is 6.03 Å². The lowest BCUT2D eigenvalue weighted by Crippen LogP contribution is -2.39. The monoisotopic (exact) mass is 348 g/mol. The third-order valence-corrected chi connectivity index (χ3v) is 5.29. The molecule has 0 aromatic heterocycles. The average molecular weight is 348 g/mol. The SMILES string of the molecule is O=C1C[C@@H](NC(=O)Nc2ccc(CCN3CCSCC3)cc2)CN1. The highest BCUT2D eigenvalue weighted by Gasteiger charge is 2.22. The van der Waals surface area contributed by atoms with Gasteiger partial charge in [-0.05, 0) is 24.1 Å². The molecule has 2 fully saturated rings. The van der Waals surface area contributed by atoms with Gasteiger partial charge in [-0.25, -0.2) is 4.79 Å². The van der Waals surface area contributed by atoms with Crippen molar-refractivity contribution in [3.63, 3.8) is 0 Å². The molecule has 0 saturated carbocycles. The van der Waals surface area contributed by atoms with Gasteiger partial charge in [-0.3, -0.25) is 4.79 Å². The van der Waals surface area contributed by atoms with E-state index in [1.54, 1.807) is 0 Å². The summed E-state index contributed by atoms with van der Waals surface area (Å²) in [5.41, 5.74) is 2.05. The van der Waals surface area contributed by atoms with Gasteiger partial charge in [0.15, 0.2) is 0 Å². The molecule has 0 unspecified atom stereocenters. The first-order chi connectivity index (χ1) is 11.7. The lowest BCUT2D eigenvalue weighted by atomic mass is 10.1. The lowest BCUT2D eigenvalue weighted by molar-refractivity contribution is -0.119. The van der Waals surface area contributed by atoms with Crippen LogP contribution in [0, 0.1) is 0 Å². The third-order valence-electron chi connectivity index (χ3n) is 4.34. The highest BCUT2D eigenvalue weighted by atomic mass is 32.2. The van der Waals surface area contributed by atoms with Crippen molar-refractivity contribution >= 4 is 29.4 Å². The Labute approximate surface area is 146 Å². The van der Waals surface area contributed by atoms with E-state index < -0.39 is 0 Å². The van der Waals surface area contributed by atoms with E-state index in [1.165, 1.54) is 30.2 Å². The van der Waals surface area contributed by atoms with E-state index in [9.17, 15) is 9.59 Å². The van der Waals surface area contributed by atoms with E-state index in [4.69, 9.17) is 0 Å². The number of benzene rings is 1. The van der Waals surface area contributed by atoms with E-state index in [0.717, 1.165) is 18.7 Å². The Balaban J connectivity index is 1.42. The van der Waals surface area contributed by atoms with Crippen molar-refractivity contribution in [3.05, 3.63) is 29.8 Å². The molecule has 2 aliphatic rings. The van der Waals surface area contributed by atoms with Crippen molar-refractivity contribution in [1.29, 1.82) is 0 Å². The second-order valence-electron chi connectivity index (χ2n) is 6.20. The van der Waals surface area contributed by atoms with Crippen molar-refractivity contribution < 1.29 is 9.59 Å². The molecule has 0 spiro atoms. The molecule has 130 valence electrons. The second-order valence-corrected chi connectivity index (χ2v) is 7.43. The lowest BCUT2D eigenvalue weighted by Gasteiger charge is -2.26. The molecular weight excluding hydrogens is 324 g/mol. The third kappa shape index (κ3) is 5.14. The van der Waals surface area contributed by atoms with Crippen molar-refractivity contribution in [2.75, 3.05) is 43.0 Å². The van der Waals surface area contributed by atoms with Crippen molar-refractivity contribution in [2.45, 2.75) is 18.9 Å². The fourth-order valence-electron chi connectivity index (χ4n) is 2.93. The summed E-state index contributed by atoms with van der Waals surface area (Å²) in [6, 6.07) is 7.59. The van der Waals surface area contributed by atoms with Gasteiger partial charge < -0.3 is 20.9 Å². The molecule has 2 saturated heterocycles. The van der Waals surface area contributed by atoms with Crippen LogP contribution in [0.15, 0.2) is 24.3 Å². The number of nitrogens with zero attached hydrogens (tertiary/aromatic N) is 1. The Morgan fingerprint density at radius 1 is 1.25 bits per heavy atom. The number of amides is 3. The molecule has 1 aromatic carbocycles. The molecule has 7 heteroatoms. The van der Waals surface area contributed by atoms with Crippen LogP contribution in [0.1, 0.15) is 12.0 Å². The number of rotatable bonds is 5. The zero-order valence-corrected chi connectivity index (χ0v) is 14.5. The van der Waals surface area contributed by atoms with Gasteiger partial charge in [-0.1, -0.05) is 12.1 Å². The number of hydrogen-bond acceptors (Lipinski definition) is 4. The maximum absolute atomic E-state index is 11.9. The summed E-state index contributed by atoms with van der Waals surface area (Å²) < 4.78 is 0. The second kappa shape index (κ2) is 8.39. The van der Waals surface area contributed by atoms with Crippen LogP contribution in [-0.4, -0.2) is 60.6 Å². The van der Waals surface area contributed by atoms with Gasteiger partial charge in [0.25, 0.3) is 0 Å². The summed E-state index contributed by atoms with van der Waals surface area (Å²) in [7, 11) is 0. The zero-order valence-electron chi connectivity index (χ0n) is 13.7. The Kier molecular flexibility index (Phi) is 5.98. The van der Waals surface area contributed by atoms with Crippen LogP contribution in [0.25, 0.3) is 0 Å². The number of carbonyl (C=O) groups is 2. The maximum atomic E-state index is 11.9. The predicted molar refractivity (Wildman–Crippen MR) is 97.5 cm³/mol. The first-order valence-corrected chi connectivity index (χ1v) is 9.58. The molecule has 1 atom stereocenters. The fourth-order valence-corrected chi connectivity index (χ4v) is 3.91. The largest absolute Gasteiger partial charge is 0.354 e. The van der Waals surface area contributed by atoms with E-state index in [0.29, 0.717) is 13.0 Å². The number of carbonyl (C=O) groups excluding carboxylic acids is 2. The topological polar surface area (TPSA) is 73.5 Å². The molecule has 2 heterocycles. The highest BCUT2D eigenvalue weighted by molar-refractivity contribution is 7.99. The van der Waals surface area contributed by atoms with Crippen molar-refractivity contribution in [1.82, 2.24) is 15.5 Å². The van der Waals surface area contributed by atoms with Crippen LogP contribution in [0.4, 0.5) is 10.5 Å². The number of urea groups is 1. The number of hydrogen-bond donors (Lipinski definition) is 3. The summed E-state index contributed by atoms with van der Waals surface area (Å²) in [5.74, 6) is 2.46. The summed E-state index contributed by atoms with van der Waals surface area (Å²) in [5, 5.41) is 8.31. The molecule has 2 aliphatic heterocycles. The fraction of sp³-hybridized carbons (Fsp3) is 0.529. The normalized spacial score (nSPS) is 21.3. The van der Waals surface area contributed by atoms with Gasteiger partial charge in [0, 0.05) is 49.8 Å². The molecule has 0 aliphatic carbocycles. The summed E-state index contributed by atoms with van der Waals surface area (Å²) >= 11 is 2.03. The smallest absolute Gasteiger partial charge is 0.319 e. The Hall–Kier alpha value is -1.73. The molecule has 6 nitrogen and oxygen atoms in total. The minimum atomic E-state index is -0.268. The van der Waals surface area contributed by atoms with Crippen LogP contribution < -0.4 is 16.0 Å². The highest BCUT2D eigenvalue weighted by Crippen LogP contribution is 2.13. The van der Waals surface area contributed by atoms with Crippen molar-refractivity contribution in [2.24, 2.45) is 0 Å². The summed E-state index contributed by atoms with van der Waals surface area (Å²) in [4.78, 5) is 25.5. The number of thioether (sulfide) groups is 1. The Morgan fingerprint density at radius 3 is 2.67 bits per heavy atom. The van der Waals surface area contributed by atoms with Crippen LogP contribution in [-0.2, 0) is 11.2 Å². The van der Waals surface area contributed by atoms with Gasteiger partial charge in [0.1, 0.15) is 0 Å². The van der Waals surface area contributed by atoms with Gasteiger partial charge in [0.2, 0.25) is 5.91 Å². The minimum absolute atomic E-state index is 0.0167. The average Bonchev–Trinajstić information content (AvgIpc) is 3.00. The Morgan fingerprint density at radius 2 is 2.00 bits per heavy atom. The quantitative estimate of drug-likeness (QED) is 0.750. The summed E-state index contributed by atoms with van der Waals surface area (Å²) in [6.07, 6.45) is 1.38. The molecule has 3 rings (SSSR count). The molecule has 1 aromatic rings. The molecule has 3 N–H and O–H groups in total. The van der Waals surface area contributed by atoms with Crippen LogP contribution >= 0.6 is 11.8 Å². The molecule has 0 radical (unpaired) electrons. The van der Waals surface area contributed by atoms with Crippen LogP contribution in [0.3, 0.4) is 0 Å². The predicted octanol–water partition coefficient (Wildman–Crippen LogP) is 1.29. The number of nitrogens with one attached hydrogen (secondary N) is 3. The van der Waals surface area contributed by atoms with E-state index >= 15 is 0 Å². The molecule has 24 heavy (non-hydrogen) atoms. The van der Waals surface area contributed by atoms with Crippen molar-refractivity contribution in [3.8, 4) is 0 Å². The zero-order chi connectivity index (χ0) is 16.8. The van der Waals surface area contributed by atoms with Gasteiger partial charge in [0.05, 0.1) is 6.04 Å². The van der Waals surface area contributed by atoms with E-state index in [2.05, 4.69) is 33.0 Å². The first kappa shape index (κ1) is 17.1. The van der Waals surface area contributed by atoms with Gasteiger partial charge in [-0.2, -0.15) is 11.8 Å². The summed E-state index contributed by atoms with van der Waals surface area (Å²) in [6.45, 7) is 3.96. The van der Waals surface area contributed by atoms with E-state index in [1.807, 2.05) is 23.9 Å². The minimum Gasteiger partial charge on any atom is -0.354 e.